The lowest BCUT2D eigenvalue weighted by molar-refractivity contribution is -0.127. The largest absolute Gasteiger partial charge is 0.374 e. The van der Waals surface area contributed by atoms with Crippen LogP contribution in [0.3, 0.4) is 0 Å². The number of hydrogen-bond acceptors (Lipinski definition) is 4. The van der Waals surface area contributed by atoms with Crippen molar-refractivity contribution in [2.45, 2.75) is 25.4 Å². The van der Waals surface area contributed by atoms with Crippen molar-refractivity contribution in [1.29, 1.82) is 0 Å². The number of nitrogens with two attached hydrogens (primary N) is 1. The van der Waals surface area contributed by atoms with E-state index in [1.54, 1.807) is 0 Å². The maximum atomic E-state index is 12.1. The Bertz CT molecular complexity index is 285. The molecule has 5 heteroatoms. The van der Waals surface area contributed by atoms with Crippen molar-refractivity contribution < 1.29 is 9.53 Å². The first-order valence-corrected chi connectivity index (χ1v) is 6.98. The molecular weight excluding hydrogens is 230 g/mol. The minimum Gasteiger partial charge on any atom is -0.374 e. The molecule has 0 aromatic heterocycles. The molecule has 3 atom stereocenters. The normalized spacial score (nSPS) is 33.6. The third-order valence-corrected chi connectivity index (χ3v) is 4.14. The number of carbonyl (C=O) groups excluding carboxylic acids is 1. The van der Waals surface area contributed by atoms with Crippen LogP contribution in [0.2, 0.25) is 0 Å². The fourth-order valence-corrected chi connectivity index (χ4v) is 3.00. The topological polar surface area (TPSA) is 67.6 Å². The number of rotatable bonds is 4. The van der Waals surface area contributed by atoms with E-state index in [4.69, 9.17) is 10.5 Å². The van der Waals surface area contributed by atoms with Gasteiger partial charge in [-0.25, -0.2) is 0 Å². The molecule has 2 rings (SSSR count). The first-order chi connectivity index (χ1) is 8.70. The zero-order chi connectivity index (χ0) is 13.0. The fraction of sp³-hybridized carbons (Fsp3) is 0.923. The van der Waals surface area contributed by atoms with Gasteiger partial charge in [-0.1, -0.05) is 6.42 Å². The lowest BCUT2D eigenvalue weighted by atomic mass is 9.95. The van der Waals surface area contributed by atoms with E-state index in [0.29, 0.717) is 19.0 Å². The number of ether oxygens (including phenoxy) is 1. The number of nitrogens with one attached hydrogen (secondary N) is 1. The highest BCUT2D eigenvalue weighted by molar-refractivity contribution is 5.79. The number of likely N-dealkylation sites (N-methyl/N-ethyl adjacent to an activating group) is 1. The van der Waals surface area contributed by atoms with Crippen LogP contribution in [0.4, 0.5) is 0 Å². The molecule has 3 N–H and O–H groups in total. The van der Waals surface area contributed by atoms with Crippen LogP contribution in [0.25, 0.3) is 0 Å². The third-order valence-electron chi connectivity index (χ3n) is 4.14. The number of hydrogen-bond donors (Lipinski definition) is 2. The van der Waals surface area contributed by atoms with Crippen molar-refractivity contribution in [2.24, 2.45) is 17.6 Å². The highest BCUT2D eigenvalue weighted by Crippen LogP contribution is 2.30. The van der Waals surface area contributed by atoms with E-state index >= 15 is 0 Å². The molecular formula is C13H25N3O2. The molecule has 1 heterocycles. The van der Waals surface area contributed by atoms with Crippen molar-refractivity contribution in [3.05, 3.63) is 0 Å². The van der Waals surface area contributed by atoms with Crippen LogP contribution < -0.4 is 11.1 Å². The SMILES string of the molecule is CN1CCOC(CNC(=O)C2CCCC2CN)C1. The Morgan fingerprint density at radius 1 is 1.50 bits per heavy atom. The lowest BCUT2D eigenvalue weighted by Crippen LogP contribution is -2.47. The van der Waals surface area contributed by atoms with Crippen LogP contribution in [-0.4, -0.2) is 56.7 Å². The molecule has 1 aliphatic carbocycles. The molecule has 0 aromatic carbocycles. The Hall–Kier alpha value is -0.650. The molecule has 3 unspecified atom stereocenters. The minimum atomic E-state index is 0.122. The molecule has 1 aliphatic heterocycles. The summed E-state index contributed by atoms with van der Waals surface area (Å²) in [5.74, 6) is 0.663. The fourth-order valence-electron chi connectivity index (χ4n) is 3.00. The number of amides is 1. The zero-order valence-corrected chi connectivity index (χ0v) is 11.2. The highest BCUT2D eigenvalue weighted by atomic mass is 16.5. The molecule has 0 aromatic rings. The maximum Gasteiger partial charge on any atom is 0.223 e. The van der Waals surface area contributed by atoms with Crippen molar-refractivity contribution >= 4 is 5.91 Å². The van der Waals surface area contributed by atoms with Crippen molar-refractivity contribution in [2.75, 3.05) is 39.8 Å². The van der Waals surface area contributed by atoms with E-state index in [1.807, 2.05) is 0 Å². The summed E-state index contributed by atoms with van der Waals surface area (Å²) in [4.78, 5) is 14.3. The van der Waals surface area contributed by atoms with Gasteiger partial charge in [0, 0.05) is 25.6 Å². The average molecular weight is 255 g/mol. The van der Waals surface area contributed by atoms with Gasteiger partial charge in [0.25, 0.3) is 0 Å². The Labute approximate surface area is 109 Å². The predicted octanol–water partition coefficient (Wildman–Crippen LogP) is -0.192. The van der Waals surface area contributed by atoms with Crippen LogP contribution in [-0.2, 0) is 9.53 Å². The lowest BCUT2D eigenvalue weighted by Gasteiger charge is -2.30. The van der Waals surface area contributed by atoms with E-state index in [9.17, 15) is 4.79 Å². The highest BCUT2D eigenvalue weighted by Gasteiger charge is 2.32. The van der Waals surface area contributed by atoms with Crippen molar-refractivity contribution in [3.8, 4) is 0 Å². The van der Waals surface area contributed by atoms with Gasteiger partial charge in [-0.15, -0.1) is 0 Å². The first-order valence-electron chi connectivity index (χ1n) is 6.98. The zero-order valence-electron chi connectivity index (χ0n) is 11.2. The predicted molar refractivity (Wildman–Crippen MR) is 70.1 cm³/mol. The molecule has 0 bridgehead atoms. The van der Waals surface area contributed by atoms with E-state index in [2.05, 4.69) is 17.3 Å². The molecule has 104 valence electrons. The standard InChI is InChI=1S/C13H25N3O2/c1-16-5-6-18-11(9-16)8-15-13(17)12-4-2-3-10(12)7-14/h10-12H,2-9,14H2,1H3,(H,15,17). The van der Waals surface area contributed by atoms with Crippen molar-refractivity contribution in [1.82, 2.24) is 10.2 Å². The van der Waals surface area contributed by atoms with E-state index in [0.717, 1.165) is 39.0 Å². The summed E-state index contributed by atoms with van der Waals surface area (Å²) in [6, 6.07) is 0. The van der Waals surface area contributed by atoms with Crippen LogP contribution in [0.1, 0.15) is 19.3 Å². The number of carbonyl (C=O) groups is 1. The molecule has 1 saturated heterocycles. The Balaban J connectivity index is 1.74. The molecule has 1 amide bonds. The Morgan fingerprint density at radius 3 is 3.06 bits per heavy atom. The first kappa shape index (κ1) is 13.8. The van der Waals surface area contributed by atoms with Gasteiger partial charge >= 0.3 is 0 Å². The Kier molecular flexibility index (Phi) is 4.97. The molecule has 18 heavy (non-hydrogen) atoms. The second-order valence-corrected chi connectivity index (χ2v) is 5.53. The summed E-state index contributed by atoms with van der Waals surface area (Å²) in [5.41, 5.74) is 5.71. The van der Waals surface area contributed by atoms with Gasteiger partial charge in [-0.3, -0.25) is 4.79 Å². The van der Waals surface area contributed by atoms with Crippen LogP contribution in [0.15, 0.2) is 0 Å². The van der Waals surface area contributed by atoms with Gasteiger partial charge in [-0.05, 0) is 32.4 Å². The van der Waals surface area contributed by atoms with E-state index < -0.39 is 0 Å². The average Bonchev–Trinajstić information content (AvgIpc) is 2.84. The summed E-state index contributed by atoms with van der Waals surface area (Å²) < 4.78 is 5.63. The van der Waals surface area contributed by atoms with Gasteiger partial charge in [-0.2, -0.15) is 0 Å². The number of nitrogens with zero attached hydrogens (tertiary/aromatic N) is 1. The summed E-state index contributed by atoms with van der Waals surface area (Å²) in [7, 11) is 2.08. The monoisotopic (exact) mass is 255 g/mol. The van der Waals surface area contributed by atoms with Gasteiger partial charge in [0.05, 0.1) is 12.7 Å². The third kappa shape index (κ3) is 3.43. The summed E-state index contributed by atoms with van der Waals surface area (Å²) >= 11 is 0. The molecule has 5 nitrogen and oxygen atoms in total. The second-order valence-electron chi connectivity index (χ2n) is 5.53. The quantitative estimate of drug-likeness (QED) is 0.730. The summed E-state index contributed by atoms with van der Waals surface area (Å²) in [5, 5.41) is 3.03. The summed E-state index contributed by atoms with van der Waals surface area (Å²) in [6.45, 7) is 3.87. The summed E-state index contributed by atoms with van der Waals surface area (Å²) in [6.07, 6.45) is 3.34. The molecule has 0 spiro atoms. The molecule has 2 fully saturated rings. The molecule has 1 saturated carbocycles. The molecule has 0 radical (unpaired) electrons. The van der Waals surface area contributed by atoms with E-state index in [-0.39, 0.29) is 17.9 Å². The van der Waals surface area contributed by atoms with E-state index in [1.165, 1.54) is 0 Å². The number of morpholine rings is 1. The maximum absolute atomic E-state index is 12.1. The van der Waals surface area contributed by atoms with Crippen molar-refractivity contribution in [3.63, 3.8) is 0 Å². The smallest absolute Gasteiger partial charge is 0.223 e. The van der Waals surface area contributed by atoms with Gasteiger partial charge in [0.15, 0.2) is 0 Å². The van der Waals surface area contributed by atoms with Gasteiger partial charge in [0.2, 0.25) is 5.91 Å². The van der Waals surface area contributed by atoms with Crippen LogP contribution in [0.5, 0.6) is 0 Å². The Morgan fingerprint density at radius 2 is 2.33 bits per heavy atom. The van der Waals surface area contributed by atoms with Gasteiger partial charge in [0.1, 0.15) is 0 Å². The van der Waals surface area contributed by atoms with Crippen LogP contribution >= 0.6 is 0 Å². The second kappa shape index (κ2) is 6.50. The van der Waals surface area contributed by atoms with Crippen LogP contribution in [0, 0.1) is 11.8 Å². The molecule has 2 aliphatic rings. The van der Waals surface area contributed by atoms with Gasteiger partial charge < -0.3 is 20.7 Å². The minimum absolute atomic E-state index is 0.122.